The van der Waals surface area contributed by atoms with Gasteiger partial charge in [0.05, 0.1) is 0 Å². The van der Waals surface area contributed by atoms with Crippen LogP contribution in [-0.2, 0) is 0 Å². The van der Waals surface area contributed by atoms with E-state index in [4.69, 9.17) is 11.6 Å². The molecule has 0 N–H and O–H groups in total. The maximum atomic E-state index is 14.6. The van der Waals surface area contributed by atoms with Crippen LogP contribution >= 0.6 is 18.5 Å². The molecule has 0 atom stereocenters. The molecule has 0 aliphatic carbocycles. The standard InChI is InChI=1S/C32H24ClOPSe/c33-26-21-23-30(24-22-26)36-32(31(34)25-13-5-1-6-14-25)35(27-15-7-2-8-16-27,28-17-9-3-10-18-28)29-19-11-4-12-20-29/h1-24H. The van der Waals surface area contributed by atoms with Crippen molar-refractivity contribution < 1.29 is 4.79 Å². The topological polar surface area (TPSA) is 17.1 Å². The zero-order chi connectivity index (χ0) is 24.8. The first-order valence-electron chi connectivity index (χ1n) is 11.7. The quantitative estimate of drug-likeness (QED) is 0.140. The van der Waals surface area contributed by atoms with Crippen LogP contribution < -0.4 is 20.4 Å². The fourth-order valence-corrected chi connectivity index (χ4v) is 13.4. The zero-order valence-corrected chi connectivity index (χ0v) is 22.9. The maximum absolute atomic E-state index is 14.6. The fourth-order valence-electron chi connectivity index (χ4n) is 4.35. The van der Waals surface area contributed by atoms with Crippen molar-refractivity contribution in [3.8, 4) is 0 Å². The molecule has 5 aromatic carbocycles. The predicted octanol–water partition coefficient (Wildman–Crippen LogP) is 5.68. The summed E-state index contributed by atoms with van der Waals surface area (Å²) in [5.74, 6) is 0.107. The summed E-state index contributed by atoms with van der Waals surface area (Å²) in [4.78, 5) is 14.6. The Hall–Kier alpha value is -3.12. The molecule has 0 radical (unpaired) electrons. The number of Topliss-reactive ketones (excluding diaryl/α,β-unsaturated/α-hetero) is 1. The van der Waals surface area contributed by atoms with Crippen molar-refractivity contribution >= 4 is 63.8 Å². The Bertz CT molecular complexity index is 1400. The van der Waals surface area contributed by atoms with Crippen LogP contribution in [0.2, 0.25) is 5.02 Å². The molecule has 5 rings (SSSR count). The molecular weight excluding hydrogens is 546 g/mol. The summed E-state index contributed by atoms with van der Waals surface area (Å²) in [5, 5.41) is 4.23. The Labute approximate surface area is 223 Å². The first-order chi connectivity index (χ1) is 17.7. The van der Waals surface area contributed by atoms with E-state index < -0.39 is 6.89 Å². The van der Waals surface area contributed by atoms with Gasteiger partial charge in [-0.1, -0.05) is 0 Å². The van der Waals surface area contributed by atoms with Crippen molar-refractivity contribution in [1.82, 2.24) is 0 Å². The Morgan fingerprint density at radius 1 is 0.528 bits per heavy atom. The van der Waals surface area contributed by atoms with E-state index in [0.717, 1.165) is 14.2 Å². The van der Waals surface area contributed by atoms with E-state index in [1.54, 1.807) is 0 Å². The summed E-state index contributed by atoms with van der Waals surface area (Å²) in [6.07, 6.45) is 0. The summed E-state index contributed by atoms with van der Waals surface area (Å²) >= 11 is 5.98. The molecule has 176 valence electrons. The second kappa shape index (κ2) is 11.3. The molecule has 0 heterocycles. The Balaban J connectivity index is 1.96. The summed E-state index contributed by atoms with van der Waals surface area (Å²) in [5.41, 5.74) is 0.718. The number of carbonyl (C=O) groups is 1. The molecule has 0 spiro atoms. The van der Waals surface area contributed by atoms with E-state index in [0.29, 0.717) is 5.02 Å². The molecule has 0 unspecified atom stereocenters. The fraction of sp³-hybridized carbons (Fsp3) is 0. The minimum atomic E-state index is -2.50. The van der Waals surface area contributed by atoms with Crippen LogP contribution in [0.5, 0.6) is 0 Å². The number of ketones is 1. The Morgan fingerprint density at radius 2 is 0.917 bits per heavy atom. The molecule has 0 aliphatic heterocycles. The van der Waals surface area contributed by atoms with Crippen LogP contribution in [0.25, 0.3) is 0 Å². The summed E-state index contributed by atoms with van der Waals surface area (Å²) < 4.78 is 2.09. The van der Waals surface area contributed by atoms with Crippen molar-refractivity contribution in [1.29, 1.82) is 0 Å². The molecule has 0 saturated heterocycles. The van der Waals surface area contributed by atoms with Gasteiger partial charge in [-0.3, -0.25) is 0 Å². The molecule has 0 aromatic heterocycles. The molecule has 36 heavy (non-hydrogen) atoms. The summed E-state index contributed by atoms with van der Waals surface area (Å²) in [7, 11) is 0. The van der Waals surface area contributed by atoms with Crippen LogP contribution in [0.3, 0.4) is 0 Å². The van der Waals surface area contributed by atoms with Gasteiger partial charge in [-0.05, 0) is 0 Å². The zero-order valence-electron chi connectivity index (χ0n) is 19.5. The van der Waals surface area contributed by atoms with Crippen molar-refractivity contribution in [3.63, 3.8) is 0 Å². The van der Waals surface area contributed by atoms with Gasteiger partial charge >= 0.3 is 225 Å². The molecule has 0 amide bonds. The van der Waals surface area contributed by atoms with Crippen LogP contribution in [-0.4, -0.2) is 24.9 Å². The van der Waals surface area contributed by atoms with Gasteiger partial charge in [-0.15, -0.1) is 0 Å². The molecule has 4 heteroatoms. The number of benzene rings is 5. The first-order valence-corrected chi connectivity index (χ1v) is 15.5. The summed E-state index contributed by atoms with van der Waals surface area (Å²) in [6, 6.07) is 49.3. The van der Waals surface area contributed by atoms with Crippen LogP contribution in [0.1, 0.15) is 10.4 Å². The van der Waals surface area contributed by atoms with Gasteiger partial charge in [-0.2, -0.15) is 0 Å². The first kappa shape index (κ1) is 24.6. The third-order valence-electron chi connectivity index (χ3n) is 5.99. The SMILES string of the molecule is O=C(C([Se]c1ccc(Cl)cc1)=P(c1ccccc1)(c1ccccc1)c1ccccc1)c1ccccc1. The molecule has 0 bridgehead atoms. The number of rotatable bonds is 7. The van der Waals surface area contributed by atoms with Gasteiger partial charge in [0.1, 0.15) is 0 Å². The molecular formula is C32H24ClOPSe. The predicted molar refractivity (Wildman–Crippen MR) is 158 cm³/mol. The second-order valence-corrected chi connectivity index (χ2v) is 15.0. The van der Waals surface area contributed by atoms with Gasteiger partial charge in [0.15, 0.2) is 0 Å². The van der Waals surface area contributed by atoms with Crippen molar-refractivity contribution in [2.24, 2.45) is 0 Å². The van der Waals surface area contributed by atoms with Gasteiger partial charge in [0, 0.05) is 0 Å². The molecule has 0 fully saturated rings. The van der Waals surface area contributed by atoms with E-state index in [-0.39, 0.29) is 20.7 Å². The van der Waals surface area contributed by atoms with Gasteiger partial charge in [0.25, 0.3) is 0 Å². The average molecular weight is 570 g/mol. The molecule has 1 nitrogen and oxygen atoms in total. The van der Waals surface area contributed by atoms with Crippen molar-refractivity contribution in [2.45, 2.75) is 0 Å². The van der Waals surface area contributed by atoms with Crippen molar-refractivity contribution in [2.75, 3.05) is 0 Å². The number of carbonyl (C=O) groups excluding carboxylic acids is 1. The van der Waals surface area contributed by atoms with E-state index in [1.165, 1.54) is 15.9 Å². The van der Waals surface area contributed by atoms with E-state index in [2.05, 4.69) is 84.9 Å². The van der Waals surface area contributed by atoms with Crippen LogP contribution in [0.15, 0.2) is 146 Å². The monoisotopic (exact) mass is 570 g/mol. The van der Waals surface area contributed by atoms with Gasteiger partial charge in [0.2, 0.25) is 0 Å². The van der Waals surface area contributed by atoms with E-state index in [1.807, 2.05) is 60.7 Å². The molecule has 5 aromatic rings. The number of hydrogen-bond donors (Lipinski definition) is 0. The van der Waals surface area contributed by atoms with Crippen molar-refractivity contribution in [3.05, 3.63) is 156 Å². The average Bonchev–Trinajstić information content (AvgIpc) is 2.96. The normalized spacial score (nSPS) is 11.1. The second-order valence-electron chi connectivity index (χ2n) is 8.23. The third-order valence-corrected chi connectivity index (χ3v) is 14.3. The van der Waals surface area contributed by atoms with Gasteiger partial charge < -0.3 is 0 Å². The number of hydrogen-bond acceptors (Lipinski definition) is 1. The third kappa shape index (κ3) is 4.92. The summed E-state index contributed by atoms with van der Waals surface area (Å²) in [6.45, 7) is -2.50. The van der Waals surface area contributed by atoms with Crippen LogP contribution in [0.4, 0.5) is 0 Å². The Kier molecular flexibility index (Phi) is 7.71. The van der Waals surface area contributed by atoms with Gasteiger partial charge in [-0.25, -0.2) is 0 Å². The Morgan fingerprint density at radius 3 is 1.33 bits per heavy atom. The molecule has 0 aliphatic rings. The minimum absolute atomic E-state index is 0.107. The molecule has 0 saturated carbocycles. The number of halogens is 1. The van der Waals surface area contributed by atoms with Crippen LogP contribution in [0, 0.1) is 0 Å². The van der Waals surface area contributed by atoms with E-state index in [9.17, 15) is 4.79 Å². The van der Waals surface area contributed by atoms with E-state index >= 15 is 0 Å².